The maximum atomic E-state index is 13.2. The van der Waals surface area contributed by atoms with Crippen molar-refractivity contribution in [3.63, 3.8) is 0 Å². The van der Waals surface area contributed by atoms with E-state index in [1.807, 2.05) is 0 Å². The van der Waals surface area contributed by atoms with Gasteiger partial charge in [0.2, 0.25) is 5.91 Å². The van der Waals surface area contributed by atoms with E-state index >= 15 is 0 Å². The fraction of sp³-hybridized carbons (Fsp3) is 0.100. The minimum Gasteiger partial charge on any atom is -0.366 e. The first-order valence-corrected chi connectivity index (χ1v) is 4.32. The normalized spacial score (nSPS) is 10.8. The predicted octanol–water partition coefficient (Wildman–Crippen LogP) is 2.29. The molecule has 0 bridgehead atoms. The SMILES string of the molecule is Cc1ccc(F)c(/C=C/C(N)=O)c1Cl. The van der Waals surface area contributed by atoms with E-state index in [1.54, 1.807) is 13.0 Å². The molecule has 2 N–H and O–H groups in total. The Balaban J connectivity index is 3.19. The van der Waals surface area contributed by atoms with E-state index in [0.29, 0.717) is 5.02 Å². The molecule has 0 radical (unpaired) electrons. The van der Waals surface area contributed by atoms with Crippen molar-refractivity contribution < 1.29 is 9.18 Å². The minimum atomic E-state index is -0.637. The van der Waals surface area contributed by atoms with Gasteiger partial charge in [-0.1, -0.05) is 17.7 Å². The number of rotatable bonds is 2. The molecule has 4 heteroatoms. The Morgan fingerprint density at radius 1 is 1.57 bits per heavy atom. The Bertz CT molecular complexity index is 401. The van der Waals surface area contributed by atoms with Crippen LogP contribution in [0.25, 0.3) is 6.08 Å². The van der Waals surface area contributed by atoms with Gasteiger partial charge in [-0.3, -0.25) is 4.79 Å². The molecule has 74 valence electrons. The number of carbonyl (C=O) groups excluding carboxylic acids is 1. The summed E-state index contributed by atoms with van der Waals surface area (Å²) in [5.74, 6) is -1.11. The number of carbonyl (C=O) groups is 1. The van der Waals surface area contributed by atoms with Crippen LogP contribution in [0.15, 0.2) is 18.2 Å². The summed E-state index contributed by atoms with van der Waals surface area (Å²) in [5, 5.41) is 0.294. The van der Waals surface area contributed by atoms with Gasteiger partial charge < -0.3 is 5.73 Å². The van der Waals surface area contributed by atoms with Gasteiger partial charge in [0.25, 0.3) is 0 Å². The molecule has 0 unspecified atom stereocenters. The number of hydrogen-bond donors (Lipinski definition) is 1. The molecule has 0 aliphatic carbocycles. The molecular weight excluding hydrogens is 205 g/mol. The zero-order chi connectivity index (χ0) is 10.7. The maximum Gasteiger partial charge on any atom is 0.241 e. The average molecular weight is 214 g/mol. The Labute approximate surface area is 86.2 Å². The molecule has 0 aliphatic rings. The molecule has 14 heavy (non-hydrogen) atoms. The second-order valence-corrected chi connectivity index (χ2v) is 3.21. The molecule has 1 amide bonds. The maximum absolute atomic E-state index is 13.2. The van der Waals surface area contributed by atoms with Crippen LogP contribution < -0.4 is 5.73 Å². The van der Waals surface area contributed by atoms with E-state index in [-0.39, 0.29) is 5.56 Å². The number of aryl methyl sites for hydroxylation is 1. The van der Waals surface area contributed by atoms with E-state index in [2.05, 4.69) is 0 Å². The third-order valence-corrected chi connectivity index (χ3v) is 2.24. The lowest BCUT2D eigenvalue weighted by Crippen LogP contribution is -2.05. The molecule has 0 saturated heterocycles. The summed E-state index contributed by atoms with van der Waals surface area (Å²) >= 11 is 5.84. The van der Waals surface area contributed by atoms with E-state index in [9.17, 15) is 9.18 Å². The third kappa shape index (κ3) is 2.33. The lowest BCUT2D eigenvalue weighted by molar-refractivity contribution is -0.113. The highest BCUT2D eigenvalue weighted by Gasteiger charge is 2.06. The quantitative estimate of drug-likeness (QED) is 0.753. The van der Waals surface area contributed by atoms with Gasteiger partial charge in [0.05, 0.1) is 5.02 Å². The Hall–Kier alpha value is -1.35. The van der Waals surface area contributed by atoms with Gasteiger partial charge in [-0.05, 0) is 24.6 Å². The van der Waals surface area contributed by atoms with Crippen molar-refractivity contribution in [3.05, 3.63) is 40.2 Å². The zero-order valence-corrected chi connectivity index (χ0v) is 8.31. The van der Waals surface area contributed by atoms with Crippen LogP contribution in [0.4, 0.5) is 4.39 Å². The molecule has 0 fully saturated rings. The molecule has 0 aromatic heterocycles. The van der Waals surface area contributed by atoms with Crippen molar-refractivity contribution in [3.8, 4) is 0 Å². The predicted molar refractivity (Wildman–Crippen MR) is 54.4 cm³/mol. The van der Waals surface area contributed by atoms with Gasteiger partial charge >= 0.3 is 0 Å². The molecule has 2 nitrogen and oxygen atoms in total. The molecule has 1 rings (SSSR count). The highest BCUT2D eigenvalue weighted by atomic mass is 35.5. The fourth-order valence-corrected chi connectivity index (χ4v) is 1.21. The van der Waals surface area contributed by atoms with Crippen LogP contribution in [-0.2, 0) is 4.79 Å². The summed E-state index contributed by atoms with van der Waals surface area (Å²) in [6.45, 7) is 1.75. The second kappa shape index (κ2) is 4.24. The minimum absolute atomic E-state index is 0.186. The number of hydrogen-bond acceptors (Lipinski definition) is 1. The molecular formula is C10H9ClFNO. The summed E-state index contributed by atoms with van der Waals surface area (Å²) in [5.41, 5.74) is 5.82. The first kappa shape index (κ1) is 10.7. The summed E-state index contributed by atoms with van der Waals surface area (Å²) in [4.78, 5) is 10.5. The van der Waals surface area contributed by atoms with E-state index < -0.39 is 11.7 Å². The van der Waals surface area contributed by atoms with Crippen LogP contribution in [0.3, 0.4) is 0 Å². The molecule has 0 heterocycles. The third-order valence-electron chi connectivity index (χ3n) is 1.73. The van der Waals surface area contributed by atoms with Gasteiger partial charge in [0, 0.05) is 11.6 Å². The highest BCUT2D eigenvalue weighted by molar-refractivity contribution is 6.32. The molecule has 1 aromatic carbocycles. The van der Waals surface area contributed by atoms with Gasteiger partial charge in [0.1, 0.15) is 5.82 Å². The summed E-state index contributed by atoms with van der Waals surface area (Å²) < 4.78 is 13.2. The largest absolute Gasteiger partial charge is 0.366 e. The second-order valence-electron chi connectivity index (χ2n) is 2.83. The standard InChI is InChI=1S/C10H9ClFNO/c1-6-2-4-8(12)7(10(6)11)3-5-9(13)14/h2-5H,1H3,(H2,13,14)/b5-3+. The van der Waals surface area contributed by atoms with Gasteiger partial charge in [-0.25, -0.2) is 4.39 Å². The van der Waals surface area contributed by atoms with E-state index in [1.165, 1.54) is 12.1 Å². The van der Waals surface area contributed by atoms with Crippen molar-refractivity contribution >= 4 is 23.6 Å². The molecule has 0 atom stereocenters. The van der Waals surface area contributed by atoms with Crippen LogP contribution >= 0.6 is 11.6 Å². The highest BCUT2D eigenvalue weighted by Crippen LogP contribution is 2.24. The van der Waals surface area contributed by atoms with Crippen LogP contribution in [-0.4, -0.2) is 5.91 Å². The number of halogens is 2. The van der Waals surface area contributed by atoms with E-state index in [0.717, 1.165) is 11.6 Å². The molecule has 0 spiro atoms. The van der Waals surface area contributed by atoms with Crippen LogP contribution in [0.1, 0.15) is 11.1 Å². The molecule has 1 aromatic rings. The summed E-state index contributed by atoms with van der Waals surface area (Å²) in [7, 11) is 0. The lowest BCUT2D eigenvalue weighted by atomic mass is 10.1. The van der Waals surface area contributed by atoms with Gasteiger partial charge in [-0.2, -0.15) is 0 Å². The van der Waals surface area contributed by atoms with Crippen molar-refractivity contribution in [2.75, 3.05) is 0 Å². The monoisotopic (exact) mass is 213 g/mol. The number of primary amides is 1. The van der Waals surface area contributed by atoms with Gasteiger partial charge in [0.15, 0.2) is 0 Å². The van der Waals surface area contributed by atoms with Crippen LogP contribution in [0.5, 0.6) is 0 Å². The van der Waals surface area contributed by atoms with Crippen LogP contribution in [0, 0.1) is 12.7 Å². The Kier molecular flexibility index (Phi) is 3.25. The van der Waals surface area contributed by atoms with Crippen LogP contribution in [0.2, 0.25) is 5.02 Å². The fourth-order valence-electron chi connectivity index (χ4n) is 0.997. The first-order chi connectivity index (χ1) is 6.52. The Morgan fingerprint density at radius 2 is 2.21 bits per heavy atom. The van der Waals surface area contributed by atoms with Gasteiger partial charge in [-0.15, -0.1) is 0 Å². The van der Waals surface area contributed by atoms with Crippen molar-refractivity contribution in [2.24, 2.45) is 5.73 Å². The first-order valence-electron chi connectivity index (χ1n) is 3.94. The smallest absolute Gasteiger partial charge is 0.241 e. The van der Waals surface area contributed by atoms with Crippen molar-refractivity contribution in [1.29, 1.82) is 0 Å². The average Bonchev–Trinajstić information content (AvgIpc) is 2.11. The van der Waals surface area contributed by atoms with Crippen molar-refractivity contribution in [2.45, 2.75) is 6.92 Å². The topological polar surface area (TPSA) is 43.1 Å². The molecule has 0 saturated carbocycles. The lowest BCUT2D eigenvalue weighted by Gasteiger charge is -2.03. The number of nitrogens with two attached hydrogens (primary N) is 1. The Morgan fingerprint density at radius 3 is 2.79 bits per heavy atom. The number of benzene rings is 1. The van der Waals surface area contributed by atoms with Crippen molar-refractivity contribution in [1.82, 2.24) is 0 Å². The van der Waals surface area contributed by atoms with E-state index in [4.69, 9.17) is 17.3 Å². The zero-order valence-electron chi connectivity index (χ0n) is 7.55. The summed E-state index contributed by atoms with van der Waals surface area (Å²) in [6.07, 6.45) is 2.34. The molecule has 0 aliphatic heterocycles. The summed E-state index contributed by atoms with van der Waals surface area (Å²) in [6, 6.07) is 2.86. The number of amides is 1.